The van der Waals surface area contributed by atoms with Gasteiger partial charge in [0.2, 0.25) is 0 Å². The minimum atomic E-state index is -0.755. The van der Waals surface area contributed by atoms with Gasteiger partial charge < -0.3 is 14.2 Å². The Morgan fingerprint density at radius 1 is 0.314 bits per heavy atom. The van der Waals surface area contributed by atoms with E-state index >= 15 is 0 Å². The third kappa shape index (κ3) is 39.5. The van der Waals surface area contributed by atoms with Crippen LogP contribution >= 0.6 is 0 Å². The van der Waals surface area contributed by atoms with Crippen LogP contribution in [0, 0.1) is 0 Å². The van der Waals surface area contributed by atoms with E-state index in [-0.39, 0.29) is 31.1 Å². The zero-order chi connectivity index (χ0) is 37.3. The molecule has 0 aliphatic heterocycles. The van der Waals surface area contributed by atoms with Crippen LogP contribution in [0.2, 0.25) is 0 Å². The molecule has 0 saturated carbocycles. The first kappa shape index (κ1) is 49.4. The van der Waals surface area contributed by atoms with Crippen molar-refractivity contribution in [3.8, 4) is 0 Å². The molecule has 0 rings (SSSR count). The van der Waals surface area contributed by atoms with Gasteiger partial charge in [-0.05, 0) is 19.3 Å². The van der Waals surface area contributed by atoms with Gasteiger partial charge in [-0.3, -0.25) is 14.4 Å². The average Bonchev–Trinajstić information content (AvgIpc) is 3.12. The highest BCUT2D eigenvalue weighted by molar-refractivity contribution is 5.71. The molecular formula is C45H86O6. The largest absolute Gasteiger partial charge is 0.462 e. The molecule has 0 fully saturated rings. The number of rotatable bonds is 41. The van der Waals surface area contributed by atoms with Crippen molar-refractivity contribution in [2.24, 2.45) is 0 Å². The first-order valence-electron chi connectivity index (χ1n) is 22.5. The molecule has 302 valence electrons. The van der Waals surface area contributed by atoms with Gasteiger partial charge in [0.1, 0.15) is 13.2 Å². The van der Waals surface area contributed by atoms with E-state index in [9.17, 15) is 14.4 Å². The summed E-state index contributed by atoms with van der Waals surface area (Å²) in [6.07, 6.45) is 41.2. The van der Waals surface area contributed by atoms with E-state index in [4.69, 9.17) is 14.2 Å². The van der Waals surface area contributed by atoms with Crippen LogP contribution in [0.3, 0.4) is 0 Å². The van der Waals surface area contributed by atoms with Gasteiger partial charge in [0.25, 0.3) is 0 Å². The number of unbranched alkanes of at least 4 members (excludes halogenated alkanes) is 30. The maximum atomic E-state index is 12.5. The normalized spacial score (nSPS) is 11.8. The number of ether oxygens (including phenoxy) is 3. The van der Waals surface area contributed by atoms with Gasteiger partial charge in [-0.1, -0.05) is 213 Å². The van der Waals surface area contributed by atoms with Crippen LogP contribution in [-0.2, 0) is 28.6 Å². The lowest BCUT2D eigenvalue weighted by molar-refractivity contribution is -0.167. The molecule has 0 aliphatic carbocycles. The SMILES string of the molecule is CCCCCCCCCCCCCCCCCCCCC(=O)OC[C@H](COC(=O)CCCCCCCCCCCC)OC(=O)CCCCCCC. The van der Waals surface area contributed by atoms with Gasteiger partial charge in [0.15, 0.2) is 6.10 Å². The third-order valence-electron chi connectivity index (χ3n) is 10.1. The molecule has 0 spiro atoms. The Balaban J connectivity index is 4.07. The second-order valence-electron chi connectivity index (χ2n) is 15.3. The van der Waals surface area contributed by atoms with E-state index < -0.39 is 6.10 Å². The van der Waals surface area contributed by atoms with Crippen molar-refractivity contribution in [1.29, 1.82) is 0 Å². The van der Waals surface area contributed by atoms with Crippen molar-refractivity contribution >= 4 is 17.9 Å². The van der Waals surface area contributed by atoms with Crippen LogP contribution < -0.4 is 0 Å². The summed E-state index contributed by atoms with van der Waals surface area (Å²) in [5.74, 6) is -0.870. The fourth-order valence-corrected chi connectivity index (χ4v) is 6.68. The number of hydrogen-bond acceptors (Lipinski definition) is 6. The Labute approximate surface area is 317 Å². The maximum absolute atomic E-state index is 12.5. The highest BCUT2D eigenvalue weighted by Gasteiger charge is 2.19. The Kier molecular flexibility index (Phi) is 39.9. The Morgan fingerprint density at radius 2 is 0.529 bits per heavy atom. The molecule has 0 bridgehead atoms. The molecule has 0 unspecified atom stereocenters. The molecule has 0 heterocycles. The van der Waals surface area contributed by atoms with Gasteiger partial charge in [0, 0.05) is 19.3 Å². The van der Waals surface area contributed by atoms with Crippen molar-refractivity contribution < 1.29 is 28.6 Å². The highest BCUT2D eigenvalue weighted by Crippen LogP contribution is 2.16. The minimum Gasteiger partial charge on any atom is -0.462 e. The molecule has 0 N–H and O–H groups in total. The number of carbonyl (C=O) groups excluding carboxylic acids is 3. The molecule has 6 heteroatoms. The summed E-state index contributed by atoms with van der Waals surface area (Å²) in [4.78, 5) is 37.4. The first-order chi connectivity index (χ1) is 25.0. The molecule has 51 heavy (non-hydrogen) atoms. The van der Waals surface area contributed by atoms with E-state index in [1.165, 1.54) is 148 Å². The maximum Gasteiger partial charge on any atom is 0.306 e. The lowest BCUT2D eigenvalue weighted by Gasteiger charge is -2.18. The first-order valence-corrected chi connectivity index (χ1v) is 22.5. The van der Waals surface area contributed by atoms with Crippen LogP contribution in [0.1, 0.15) is 252 Å². The van der Waals surface area contributed by atoms with Crippen molar-refractivity contribution in [2.75, 3.05) is 13.2 Å². The number of carbonyl (C=O) groups is 3. The Morgan fingerprint density at radius 3 is 0.784 bits per heavy atom. The van der Waals surface area contributed by atoms with Crippen LogP contribution in [0.15, 0.2) is 0 Å². The summed E-state index contributed by atoms with van der Waals surface area (Å²) < 4.78 is 16.6. The predicted octanol–water partition coefficient (Wildman–Crippen LogP) is 14.1. The summed E-state index contributed by atoms with van der Waals surface area (Å²) in [7, 11) is 0. The van der Waals surface area contributed by atoms with Crippen molar-refractivity contribution in [3.05, 3.63) is 0 Å². The summed E-state index contributed by atoms with van der Waals surface area (Å²) in [5.41, 5.74) is 0. The van der Waals surface area contributed by atoms with E-state index in [0.29, 0.717) is 19.3 Å². The zero-order valence-corrected chi connectivity index (χ0v) is 34.4. The fourth-order valence-electron chi connectivity index (χ4n) is 6.68. The van der Waals surface area contributed by atoms with Gasteiger partial charge in [-0.25, -0.2) is 0 Å². The summed E-state index contributed by atoms with van der Waals surface area (Å²) in [6, 6.07) is 0. The smallest absolute Gasteiger partial charge is 0.306 e. The minimum absolute atomic E-state index is 0.0645. The molecular weight excluding hydrogens is 636 g/mol. The second kappa shape index (κ2) is 41.2. The van der Waals surface area contributed by atoms with E-state index in [0.717, 1.165) is 64.2 Å². The second-order valence-corrected chi connectivity index (χ2v) is 15.3. The van der Waals surface area contributed by atoms with Crippen molar-refractivity contribution in [3.63, 3.8) is 0 Å². The molecule has 0 radical (unpaired) electrons. The fraction of sp³-hybridized carbons (Fsp3) is 0.933. The predicted molar refractivity (Wildman–Crippen MR) is 215 cm³/mol. The van der Waals surface area contributed by atoms with Gasteiger partial charge in [-0.2, -0.15) is 0 Å². The Bertz CT molecular complexity index is 753. The van der Waals surface area contributed by atoms with Crippen molar-refractivity contribution in [1.82, 2.24) is 0 Å². The lowest BCUT2D eigenvalue weighted by Crippen LogP contribution is -2.30. The van der Waals surface area contributed by atoms with Crippen LogP contribution in [0.5, 0.6) is 0 Å². The van der Waals surface area contributed by atoms with Crippen LogP contribution in [-0.4, -0.2) is 37.2 Å². The summed E-state index contributed by atoms with van der Waals surface area (Å²) >= 11 is 0. The molecule has 6 nitrogen and oxygen atoms in total. The summed E-state index contributed by atoms with van der Waals surface area (Å²) in [6.45, 7) is 6.56. The van der Waals surface area contributed by atoms with Crippen LogP contribution in [0.4, 0.5) is 0 Å². The molecule has 0 saturated heterocycles. The molecule has 0 aromatic heterocycles. The molecule has 0 amide bonds. The number of esters is 3. The molecule has 0 aromatic rings. The van der Waals surface area contributed by atoms with Gasteiger partial charge in [-0.15, -0.1) is 0 Å². The third-order valence-corrected chi connectivity index (χ3v) is 10.1. The van der Waals surface area contributed by atoms with Gasteiger partial charge >= 0.3 is 17.9 Å². The molecule has 1 atom stereocenters. The zero-order valence-electron chi connectivity index (χ0n) is 34.4. The Hall–Kier alpha value is -1.59. The van der Waals surface area contributed by atoms with Crippen molar-refractivity contribution in [2.45, 2.75) is 258 Å². The standard InChI is InChI=1S/C45H86O6/c1-4-7-10-13-15-17-19-20-21-22-23-24-25-26-28-30-33-35-38-44(47)50-41-42(51-45(48)39-36-31-12-9-6-3)40-49-43(46)37-34-32-29-27-18-16-14-11-8-5-2/h42H,4-41H2,1-3H3/t42-/m0/s1. The van der Waals surface area contributed by atoms with Crippen LogP contribution in [0.25, 0.3) is 0 Å². The topological polar surface area (TPSA) is 78.9 Å². The molecule has 0 aromatic carbocycles. The number of hydrogen-bond donors (Lipinski definition) is 0. The highest BCUT2D eigenvalue weighted by atomic mass is 16.6. The lowest BCUT2D eigenvalue weighted by atomic mass is 10.0. The van der Waals surface area contributed by atoms with E-state index in [2.05, 4.69) is 20.8 Å². The van der Waals surface area contributed by atoms with E-state index in [1.54, 1.807) is 0 Å². The average molecular weight is 723 g/mol. The van der Waals surface area contributed by atoms with Gasteiger partial charge in [0.05, 0.1) is 0 Å². The van der Waals surface area contributed by atoms with E-state index in [1.807, 2.05) is 0 Å². The summed E-state index contributed by atoms with van der Waals surface area (Å²) in [5, 5.41) is 0. The molecule has 0 aliphatic rings. The monoisotopic (exact) mass is 723 g/mol. The quantitative estimate of drug-likeness (QED) is 0.0355.